The summed E-state index contributed by atoms with van der Waals surface area (Å²) in [7, 11) is 1.65. The van der Waals surface area contributed by atoms with Gasteiger partial charge in [-0.05, 0) is 31.0 Å². The van der Waals surface area contributed by atoms with Crippen LogP contribution in [0, 0.1) is 11.2 Å². The molecular formula is C14H18FNO3. The number of phenols is 1. The summed E-state index contributed by atoms with van der Waals surface area (Å²) in [5.41, 5.74) is 0.238. The highest BCUT2D eigenvalue weighted by atomic mass is 19.1. The predicted octanol–water partition coefficient (Wildman–Crippen LogP) is 2.08. The van der Waals surface area contributed by atoms with Crippen LogP contribution in [0.4, 0.5) is 4.39 Å². The minimum Gasteiger partial charge on any atom is -0.505 e. The number of carbonyl (C=O) groups is 1. The van der Waals surface area contributed by atoms with Gasteiger partial charge in [0.1, 0.15) is 0 Å². The number of hydrogen-bond acceptors (Lipinski definition) is 3. The van der Waals surface area contributed by atoms with Crippen molar-refractivity contribution in [1.82, 2.24) is 5.32 Å². The molecule has 1 fully saturated rings. The first-order valence-corrected chi connectivity index (χ1v) is 6.32. The lowest BCUT2D eigenvalue weighted by atomic mass is 9.69. The molecule has 1 aliphatic rings. The van der Waals surface area contributed by atoms with Gasteiger partial charge in [-0.1, -0.05) is 6.42 Å². The van der Waals surface area contributed by atoms with Gasteiger partial charge in [0.2, 0.25) is 0 Å². The highest BCUT2D eigenvalue weighted by Crippen LogP contribution is 2.40. The van der Waals surface area contributed by atoms with E-state index in [2.05, 4.69) is 5.32 Å². The number of rotatable bonds is 5. The molecule has 0 bridgehead atoms. The van der Waals surface area contributed by atoms with Crippen LogP contribution in [0.5, 0.6) is 5.75 Å². The lowest BCUT2D eigenvalue weighted by Crippen LogP contribution is -2.45. The molecule has 19 heavy (non-hydrogen) atoms. The zero-order valence-corrected chi connectivity index (χ0v) is 10.9. The first-order valence-electron chi connectivity index (χ1n) is 6.32. The van der Waals surface area contributed by atoms with Gasteiger partial charge in [0.05, 0.1) is 6.61 Å². The Balaban J connectivity index is 1.95. The summed E-state index contributed by atoms with van der Waals surface area (Å²) in [5.74, 6) is -1.57. The van der Waals surface area contributed by atoms with Crippen LogP contribution in [-0.2, 0) is 4.74 Å². The van der Waals surface area contributed by atoms with E-state index in [1.807, 2.05) is 0 Å². The molecule has 0 radical (unpaired) electrons. The third-order valence-electron chi connectivity index (χ3n) is 3.70. The fraction of sp³-hybridized carbons (Fsp3) is 0.500. The van der Waals surface area contributed by atoms with Crippen molar-refractivity contribution in [2.24, 2.45) is 5.41 Å². The number of methoxy groups -OCH3 is 1. The van der Waals surface area contributed by atoms with Crippen LogP contribution in [-0.4, -0.2) is 31.3 Å². The smallest absolute Gasteiger partial charge is 0.251 e. The van der Waals surface area contributed by atoms with Gasteiger partial charge in [0.15, 0.2) is 11.6 Å². The average molecular weight is 267 g/mol. The molecule has 1 saturated carbocycles. The maximum absolute atomic E-state index is 13.2. The van der Waals surface area contributed by atoms with Gasteiger partial charge in [-0.25, -0.2) is 4.39 Å². The molecule has 0 aromatic heterocycles. The van der Waals surface area contributed by atoms with Gasteiger partial charge in [0, 0.05) is 24.6 Å². The van der Waals surface area contributed by atoms with Crippen molar-refractivity contribution in [2.75, 3.05) is 20.3 Å². The fourth-order valence-electron chi connectivity index (χ4n) is 2.37. The van der Waals surface area contributed by atoms with Crippen molar-refractivity contribution in [2.45, 2.75) is 19.3 Å². The summed E-state index contributed by atoms with van der Waals surface area (Å²) in [4.78, 5) is 11.9. The number of benzene rings is 1. The summed E-state index contributed by atoms with van der Waals surface area (Å²) in [5, 5.41) is 11.9. The highest BCUT2D eigenvalue weighted by Gasteiger charge is 2.37. The van der Waals surface area contributed by atoms with Crippen molar-refractivity contribution in [3.05, 3.63) is 29.6 Å². The second kappa shape index (κ2) is 5.57. The molecule has 4 nitrogen and oxygen atoms in total. The molecule has 0 heterocycles. The Morgan fingerprint density at radius 1 is 1.53 bits per heavy atom. The van der Waals surface area contributed by atoms with Crippen LogP contribution in [0.1, 0.15) is 29.6 Å². The molecule has 104 valence electrons. The van der Waals surface area contributed by atoms with E-state index in [0.29, 0.717) is 13.2 Å². The molecule has 1 amide bonds. The Morgan fingerprint density at radius 2 is 2.26 bits per heavy atom. The van der Waals surface area contributed by atoms with Crippen molar-refractivity contribution >= 4 is 5.91 Å². The van der Waals surface area contributed by atoms with E-state index in [-0.39, 0.29) is 16.9 Å². The number of carbonyl (C=O) groups excluding carboxylic acids is 1. The summed E-state index contributed by atoms with van der Waals surface area (Å²) in [6.45, 7) is 1.15. The van der Waals surface area contributed by atoms with E-state index in [4.69, 9.17) is 9.84 Å². The summed E-state index contributed by atoms with van der Waals surface area (Å²) < 4.78 is 18.3. The predicted molar refractivity (Wildman–Crippen MR) is 68.6 cm³/mol. The van der Waals surface area contributed by atoms with Crippen LogP contribution in [0.3, 0.4) is 0 Å². The maximum atomic E-state index is 13.2. The number of phenolic OH excluding ortho intramolecular Hbond substituents is 1. The van der Waals surface area contributed by atoms with E-state index in [0.717, 1.165) is 25.3 Å². The van der Waals surface area contributed by atoms with Crippen LogP contribution in [0.25, 0.3) is 0 Å². The zero-order valence-electron chi connectivity index (χ0n) is 10.9. The van der Waals surface area contributed by atoms with Crippen LogP contribution >= 0.6 is 0 Å². The van der Waals surface area contributed by atoms with E-state index >= 15 is 0 Å². The standard InChI is InChI=1S/C14H18FNO3/c1-19-9-14(5-2-6-14)8-16-13(18)10-3-4-12(17)11(15)7-10/h3-4,7,17H,2,5-6,8-9H2,1H3,(H,16,18). The highest BCUT2D eigenvalue weighted by molar-refractivity contribution is 5.94. The molecule has 1 aliphatic carbocycles. The van der Waals surface area contributed by atoms with Gasteiger partial charge in [0.25, 0.3) is 5.91 Å². The number of ether oxygens (including phenoxy) is 1. The second-order valence-corrected chi connectivity index (χ2v) is 5.14. The lowest BCUT2D eigenvalue weighted by molar-refractivity contribution is 0.0180. The summed E-state index contributed by atoms with van der Waals surface area (Å²) in [6.07, 6.45) is 3.21. The van der Waals surface area contributed by atoms with Gasteiger partial charge in [-0.15, -0.1) is 0 Å². The quantitative estimate of drug-likeness (QED) is 0.858. The molecule has 2 rings (SSSR count). The van der Waals surface area contributed by atoms with Crippen molar-refractivity contribution in [3.8, 4) is 5.75 Å². The minimum atomic E-state index is -0.789. The molecule has 0 unspecified atom stereocenters. The van der Waals surface area contributed by atoms with Gasteiger partial charge in [-0.3, -0.25) is 4.79 Å². The third-order valence-corrected chi connectivity index (χ3v) is 3.70. The Bertz CT molecular complexity index is 472. The minimum absolute atomic E-state index is 0.0277. The SMILES string of the molecule is COCC1(CNC(=O)c2ccc(O)c(F)c2)CCC1. The Morgan fingerprint density at radius 3 is 2.79 bits per heavy atom. The number of aromatic hydroxyl groups is 1. The van der Waals surface area contributed by atoms with Crippen LogP contribution in [0.15, 0.2) is 18.2 Å². The second-order valence-electron chi connectivity index (χ2n) is 5.14. The van der Waals surface area contributed by atoms with Crippen molar-refractivity contribution in [3.63, 3.8) is 0 Å². The summed E-state index contributed by atoms with van der Waals surface area (Å²) >= 11 is 0. The number of amides is 1. The zero-order chi connectivity index (χ0) is 13.9. The maximum Gasteiger partial charge on any atom is 0.251 e. The average Bonchev–Trinajstić information content (AvgIpc) is 2.35. The normalized spacial score (nSPS) is 16.7. The molecule has 1 aromatic rings. The number of nitrogens with one attached hydrogen (secondary N) is 1. The number of hydrogen-bond donors (Lipinski definition) is 2. The first kappa shape index (κ1) is 13.8. The fourth-order valence-corrected chi connectivity index (χ4v) is 2.37. The lowest BCUT2D eigenvalue weighted by Gasteiger charge is -2.41. The molecule has 0 saturated heterocycles. The number of halogens is 1. The Labute approximate surface area is 111 Å². The van der Waals surface area contributed by atoms with E-state index in [1.54, 1.807) is 7.11 Å². The largest absolute Gasteiger partial charge is 0.505 e. The van der Waals surface area contributed by atoms with E-state index in [9.17, 15) is 9.18 Å². The third kappa shape index (κ3) is 3.04. The molecule has 0 aliphatic heterocycles. The summed E-state index contributed by atoms with van der Waals surface area (Å²) in [6, 6.07) is 3.62. The van der Waals surface area contributed by atoms with Crippen LogP contribution < -0.4 is 5.32 Å². The molecule has 5 heteroatoms. The van der Waals surface area contributed by atoms with Gasteiger partial charge < -0.3 is 15.2 Å². The molecule has 2 N–H and O–H groups in total. The monoisotopic (exact) mass is 267 g/mol. The van der Waals surface area contributed by atoms with Crippen molar-refractivity contribution in [1.29, 1.82) is 0 Å². The van der Waals surface area contributed by atoms with Gasteiger partial charge >= 0.3 is 0 Å². The first-order chi connectivity index (χ1) is 9.06. The molecule has 1 aromatic carbocycles. The van der Waals surface area contributed by atoms with Crippen molar-refractivity contribution < 1.29 is 19.0 Å². The van der Waals surface area contributed by atoms with Gasteiger partial charge in [-0.2, -0.15) is 0 Å². The Hall–Kier alpha value is -1.62. The topological polar surface area (TPSA) is 58.6 Å². The van der Waals surface area contributed by atoms with E-state index < -0.39 is 11.6 Å². The molecular weight excluding hydrogens is 249 g/mol. The molecule has 0 atom stereocenters. The molecule has 0 spiro atoms. The van der Waals surface area contributed by atoms with E-state index in [1.165, 1.54) is 12.1 Å². The Kier molecular flexibility index (Phi) is 4.04. The van der Waals surface area contributed by atoms with Crippen LogP contribution in [0.2, 0.25) is 0 Å².